The minimum absolute atomic E-state index is 0.0479. The summed E-state index contributed by atoms with van der Waals surface area (Å²) in [4.78, 5) is 38.8. The Kier molecular flexibility index (Phi) is 7.41. The molecular formula is C18H26ClN4O3+. The number of benzene rings is 1. The summed E-state index contributed by atoms with van der Waals surface area (Å²) in [6, 6.07) is 6.99. The van der Waals surface area contributed by atoms with Gasteiger partial charge in [0.15, 0.2) is 0 Å². The lowest BCUT2D eigenvalue weighted by Gasteiger charge is -2.32. The van der Waals surface area contributed by atoms with Crippen LogP contribution in [0.5, 0.6) is 0 Å². The summed E-state index contributed by atoms with van der Waals surface area (Å²) in [6.45, 7) is 7.63. The third-order valence-corrected chi connectivity index (χ3v) is 4.58. The fourth-order valence-electron chi connectivity index (χ4n) is 2.84. The molecule has 0 spiro atoms. The Morgan fingerprint density at radius 2 is 1.81 bits per heavy atom. The lowest BCUT2D eigenvalue weighted by atomic mass is 10.2. The molecule has 1 fully saturated rings. The van der Waals surface area contributed by atoms with Crippen molar-refractivity contribution in [3.63, 3.8) is 0 Å². The van der Waals surface area contributed by atoms with Gasteiger partial charge >= 0.3 is 11.8 Å². The fourth-order valence-corrected chi connectivity index (χ4v) is 3.06. The number of rotatable bonds is 5. The number of nitrogens with one attached hydrogen (secondary N) is 3. The largest absolute Gasteiger partial charge is 0.346 e. The van der Waals surface area contributed by atoms with Crippen molar-refractivity contribution in [1.29, 1.82) is 0 Å². The van der Waals surface area contributed by atoms with Crippen molar-refractivity contribution in [1.82, 2.24) is 15.5 Å². The normalized spacial score (nSPS) is 15.0. The first-order valence-corrected chi connectivity index (χ1v) is 9.22. The number of carbonyl (C=O) groups excluding carboxylic acids is 3. The van der Waals surface area contributed by atoms with E-state index < -0.39 is 11.8 Å². The van der Waals surface area contributed by atoms with Crippen LogP contribution in [0.25, 0.3) is 0 Å². The van der Waals surface area contributed by atoms with Gasteiger partial charge in [0.25, 0.3) is 5.91 Å². The Morgan fingerprint density at radius 1 is 1.15 bits per heavy atom. The maximum absolute atomic E-state index is 12.5. The SMILES string of the molecule is CC(C)NC(=O)C(=O)NCC[NH+]1CCN(C(=O)c2ccccc2Cl)CC1. The molecule has 7 nitrogen and oxygen atoms in total. The monoisotopic (exact) mass is 381 g/mol. The first kappa shape index (κ1) is 20.2. The third kappa shape index (κ3) is 5.71. The topological polar surface area (TPSA) is 82.9 Å². The second-order valence-electron chi connectivity index (χ2n) is 6.66. The molecule has 8 heteroatoms. The minimum atomic E-state index is -0.606. The highest BCUT2D eigenvalue weighted by Crippen LogP contribution is 2.17. The fraction of sp³-hybridized carbons (Fsp3) is 0.500. The Hall–Kier alpha value is -2.12. The second-order valence-corrected chi connectivity index (χ2v) is 7.06. The number of hydrogen-bond donors (Lipinski definition) is 3. The van der Waals surface area contributed by atoms with Crippen LogP contribution in [0, 0.1) is 0 Å². The summed E-state index contributed by atoms with van der Waals surface area (Å²) in [5.74, 6) is -1.26. The Morgan fingerprint density at radius 3 is 2.42 bits per heavy atom. The first-order valence-electron chi connectivity index (χ1n) is 8.84. The van der Waals surface area contributed by atoms with Gasteiger partial charge in [0.05, 0.1) is 49.9 Å². The molecule has 0 aliphatic carbocycles. The second kappa shape index (κ2) is 9.54. The smallest absolute Gasteiger partial charge is 0.309 e. The molecule has 26 heavy (non-hydrogen) atoms. The number of piperazine rings is 1. The molecule has 0 unspecified atom stereocenters. The predicted octanol–water partition coefficient (Wildman–Crippen LogP) is -0.678. The summed E-state index contributed by atoms with van der Waals surface area (Å²) >= 11 is 6.10. The van der Waals surface area contributed by atoms with Gasteiger partial charge < -0.3 is 20.4 Å². The zero-order chi connectivity index (χ0) is 19.1. The van der Waals surface area contributed by atoms with Crippen LogP contribution >= 0.6 is 11.6 Å². The number of hydrogen-bond acceptors (Lipinski definition) is 3. The zero-order valence-corrected chi connectivity index (χ0v) is 15.9. The number of nitrogens with zero attached hydrogens (tertiary/aromatic N) is 1. The van der Waals surface area contributed by atoms with E-state index in [1.165, 1.54) is 4.90 Å². The molecule has 1 saturated heterocycles. The third-order valence-electron chi connectivity index (χ3n) is 4.25. The number of quaternary nitrogens is 1. The number of amides is 3. The van der Waals surface area contributed by atoms with Crippen LogP contribution in [0.3, 0.4) is 0 Å². The van der Waals surface area contributed by atoms with E-state index in [0.29, 0.717) is 30.2 Å². The van der Waals surface area contributed by atoms with Gasteiger partial charge in [0.1, 0.15) is 0 Å². The Bertz CT molecular complexity index is 658. The van der Waals surface area contributed by atoms with Crippen molar-refractivity contribution in [2.45, 2.75) is 19.9 Å². The molecule has 1 aliphatic heterocycles. The first-order chi connectivity index (χ1) is 12.4. The van der Waals surface area contributed by atoms with Gasteiger partial charge in [0, 0.05) is 6.04 Å². The molecule has 0 aromatic heterocycles. The van der Waals surface area contributed by atoms with Gasteiger partial charge in [-0.15, -0.1) is 0 Å². The van der Waals surface area contributed by atoms with Crippen molar-refractivity contribution in [2.75, 3.05) is 39.3 Å². The minimum Gasteiger partial charge on any atom is -0.346 e. The maximum Gasteiger partial charge on any atom is 0.309 e. The summed E-state index contributed by atoms with van der Waals surface area (Å²) in [6.07, 6.45) is 0. The lowest BCUT2D eigenvalue weighted by Crippen LogP contribution is -3.15. The van der Waals surface area contributed by atoms with Crippen LogP contribution in [-0.4, -0.2) is 67.9 Å². The van der Waals surface area contributed by atoms with E-state index in [9.17, 15) is 14.4 Å². The molecule has 0 saturated carbocycles. The van der Waals surface area contributed by atoms with Crippen molar-refractivity contribution < 1.29 is 19.3 Å². The molecular weight excluding hydrogens is 356 g/mol. The van der Waals surface area contributed by atoms with Gasteiger partial charge in [-0.3, -0.25) is 14.4 Å². The highest BCUT2D eigenvalue weighted by Gasteiger charge is 2.25. The standard InChI is InChI=1S/C18H25ClN4O3/c1-13(2)21-17(25)16(24)20-7-8-22-9-11-23(12-10-22)18(26)14-5-3-4-6-15(14)19/h3-6,13H,7-12H2,1-2H3,(H,20,24)(H,21,25)/p+1. The molecule has 1 aromatic rings. The number of carbonyl (C=O) groups is 3. The molecule has 142 valence electrons. The van der Waals surface area contributed by atoms with Gasteiger partial charge in [-0.2, -0.15) is 0 Å². The summed E-state index contributed by atoms with van der Waals surface area (Å²) in [7, 11) is 0. The van der Waals surface area contributed by atoms with Crippen molar-refractivity contribution >= 4 is 29.3 Å². The van der Waals surface area contributed by atoms with E-state index in [1.54, 1.807) is 43.0 Å². The lowest BCUT2D eigenvalue weighted by molar-refractivity contribution is -0.902. The molecule has 0 radical (unpaired) electrons. The van der Waals surface area contributed by atoms with E-state index >= 15 is 0 Å². The molecule has 3 N–H and O–H groups in total. The van der Waals surface area contributed by atoms with Crippen LogP contribution in [0.4, 0.5) is 0 Å². The summed E-state index contributed by atoms with van der Waals surface area (Å²) in [5.41, 5.74) is 0.529. The average molecular weight is 382 g/mol. The number of halogens is 1. The Labute approximate surface area is 158 Å². The average Bonchev–Trinajstić information content (AvgIpc) is 2.61. The van der Waals surface area contributed by atoms with E-state index in [0.717, 1.165) is 19.6 Å². The molecule has 2 rings (SSSR count). The molecule has 1 aliphatic rings. The van der Waals surface area contributed by atoms with Crippen molar-refractivity contribution in [3.8, 4) is 0 Å². The highest BCUT2D eigenvalue weighted by atomic mass is 35.5. The van der Waals surface area contributed by atoms with Gasteiger partial charge in [0.2, 0.25) is 0 Å². The highest BCUT2D eigenvalue weighted by molar-refractivity contribution is 6.35. The van der Waals surface area contributed by atoms with Gasteiger partial charge in [-0.25, -0.2) is 0 Å². The molecule has 0 bridgehead atoms. The Balaban J connectivity index is 1.72. The van der Waals surface area contributed by atoms with Crippen LogP contribution in [0.15, 0.2) is 24.3 Å². The van der Waals surface area contributed by atoms with E-state index in [4.69, 9.17) is 11.6 Å². The predicted molar refractivity (Wildman–Crippen MR) is 99.2 cm³/mol. The van der Waals surface area contributed by atoms with E-state index in [1.807, 2.05) is 0 Å². The van der Waals surface area contributed by atoms with E-state index in [-0.39, 0.29) is 11.9 Å². The van der Waals surface area contributed by atoms with Gasteiger partial charge in [-0.05, 0) is 26.0 Å². The van der Waals surface area contributed by atoms with Crippen LogP contribution in [0.2, 0.25) is 5.02 Å². The van der Waals surface area contributed by atoms with Crippen molar-refractivity contribution in [3.05, 3.63) is 34.9 Å². The van der Waals surface area contributed by atoms with Crippen LogP contribution in [-0.2, 0) is 9.59 Å². The molecule has 1 aromatic carbocycles. The van der Waals surface area contributed by atoms with E-state index in [2.05, 4.69) is 10.6 Å². The summed E-state index contributed by atoms with van der Waals surface area (Å²) in [5, 5.41) is 5.66. The molecule has 3 amide bonds. The van der Waals surface area contributed by atoms with Crippen LogP contribution < -0.4 is 15.5 Å². The quantitative estimate of drug-likeness (QED) is 0.591. The molecule has 0 atom stereocenters. The van der Waals surface area contributed by atoms with Crippen molar-refractivity contribution in [2.24, 2.45) is 0 Å². The summed E-state index contributed by atoms with van der Waals surface area (Å²) < 4.78 is 0. The molecule has 1 heterocycles. The maximum atomic E-state index is 12.5. The van der Waals surface area contributed by atoms with Gasteiger partial charge in [-0.1, -0.05) is 23.7 Å². The van der Waals surface area contributed by atoms with Crippen LogP contribution in [0.1, 0.15) is 24.2 Å². The zero-order valence-electron chi connectivity index (χ0n) is 15.2.